The summed E-state index contributed by atoms with van der Waals surface area (Å²) in [5, 5.41) is 68.0. The molecule has 2 saturated heterocycles. The fourth-order valence-electron chi connectivity index (χ4n) is 2.75. The Bertz CT molecular complexity index is 392. The average molecular weight is 356 g/mol. The lowest BCUT2D eigenvalue weighted by atomic mass is 9.97. The van der Waals surface area contributed by atoms with Crippen molar-refractivity contribution >= 4 is 0 Å². The molecule has 11 heteroatoms. The fourth-order valence-corrected chi connectivity index (χ4v) is 2.75. The maximum atomic E-state index is 10.2. The van der Waals surface area contributed by atoms with Crippen LogP contribution in [0.5, 0.6) is 0 Å². The Morgan fingerprint density at radius 1 is 0.708 bits per heavy atom. The Hall–Kier alpha value is -0.440. The first-order valence-electron chi connectivity index (χ1n) is 7.46. The Morgan fingerprint density at radius 3 is 1.79 bits per heavy atom. The standard InChI is InChI=1S/C13H24O11/c1-21-12-10(20)8(18)11(5(3-15)23-12)24-13-9(19)7(17)6(16)4(2-14)22-13/h4-20H,2-3H2,1H3/t4?,5?,6-,7?,8+,9-,10?,11+,12?,13-/m0/s1. The van der Waals surface area contributed by atoms with Gasteiger partial charge < -0.3 is 54.7 Å². The summed E-state index contributed by atoms with van der Waals surface area (Å²) < 4.78 is 20.6. The zero-order valence-electron chi connectivity index (χ0n) is 13.0. The maximum Gasteiger partial charge on any atom is 0.187 e. The number of aliphatic hydroxyl groups is 7. The summed E-state index contributed by atoms with van der Waals surface area (Å²) in [6.45, 7) is -1.24. The molecule has 0 aromatic rings. The van der Waals surface area contributed by atoms with Gasteiger partial charge in [0.2, 0.25) is 0 Å². The molecule has 5 unspecified atom stereocenters. The molecule has 2 rings (SSSR count). The number of methoxy groups -OCH3 is 1. The van der Waals surface area contributed by atoms with Crippen LogP contribution in [0.1, 0.15) is 0 Å². The van der Waals surface area contributed by atoms with Gasteiger partial charge in [0.05, 0.1) is 13.2 Å². The topological polar surface area (TPSA) is 179 Å². The highest BCUT2D eigenvalue weighted by Crippen LogP contribution is 2.29. The van der Waals surface area contributed by atoms with Crippen LogP contribution in [-0.2, 0) is 18.9 Å². The van der Waals surface area contributed by atoms with E-state index in [0.29, 0.717) is 0 Å². The molecule has 142 valence electrons. The van der Waals surface area contributed by atoms with Crippen molar-refractivity contribution in [2.45, 2.75) is 61.4 Å². The van der Waals surface area contributed by atoms with Crippen molar-refractivity contribution < 1.29 is 54.7 Å². The Kier molecular flexibility index (Phi) is 6.87. The van der Waals surface area contributed by atoms with E-state index in [1.807, 2.05) is 0 Å². The van der Waals surface area contributed by atoms with E-state index in [2.05, 4.69) is 0 Å². The van der Waals surface area contributed by atoms with Crippen molar-refractivity contribution in [3.05, 3.63) is 0 Å². The van der Waals surface area contributed by atoms with Gasteiger partial charge in [-0.15, -0.1) is 0 Å². The van der Waals surface area contributed by atoms with E-state index in [1.165, 1.54) is 7.11 Å². The number of hydrogen-bond donors (Lipinski definition) is 7. The summed E-state index contributed by atoms with van der Waals surface area (Å²) in [6, 6.07) is 0. The van der Waals surface area contributed by atoms with E-state index in [1.54, 1.807) is 0 Å². The highest BCUT2D eigenvalue weighted by Gasteiger charge is 2.50. The van der Waals surface area contributed by atoms with Crippen LogP contribution in [0, 0.1) is 0 Å². The van der Waals surface area contributed by atoms with E-state index in [0.717, 1.165) is 0 Å². The van der Waals surface area contributed by atoms with Crippen LogP contribution in [0.25, 0.3) is 0 Å². The van der Waals surface area contributed by atoms with Crippen LogP contribution in [0.15, 0.2) is 0 Å². The van der Waals surface area contributed by atoms with Gasteiger partial charge in [-0.3, -0.25) is 0 Å². The molecule has 0 spiro atoms. The molecule has 0 aromatic heterocycles. The Morgan fingerprint density at radius 2 is 1.25 bits per heavy atom. The fraction of sp³-hybridized carbons (Fsp3) is 1.00. The lowest BCUT2D eigenvalue weighted by Gasteiger charge is -2.45. The summed E-state index contributed by atoms with van der Waals surface area (Å²) >= 11 is 0. The monoisotopic (exact) mass is 356 g/mol. The van der Waals surface area contributed by atoms with E-state index in [9.17, 15) is 30.6 Å². The summed E-state index contributed by atoms with van der Waals surface area (Å²) in [5.41, 5.74) is 0. The number of hydrogen-bond acceptors (Lipinski definition) is 11. The van der Waals surface area contributed by atoms with Crippen LogP contribution >= 0.6 is 0 Å². The normalized spacial score (nSPS) is 50.0. The zero-order valence-corrected chi connectivity index (χ0v) is 13.0. The third-order valence-corrected chi connectivity index (χ3v) is 4.19. The molecule has 10 atom stereocenters. The molecule has 0 aromatic carbocycles. The number of ether oxygens (including phenoxy) is 4. The minimum atomic E-state index is -1.69. The predicted octanol–water partition coefficient (Wildman–Crippen LogP) is -4.74. The molecule has 7 N–H and O–H groups in total. The predicted molar refractivity (Wildman–Crippen MR) is 73.4 cm³/mol. The van der Waals surface area contributed by atoms with Crippen molar-refractivity contribution in [1.29, 1.82) is 0 Å². The molecule has 2 aliphatic rings. The summed E-state index contributed by atoms with van der Waals surface area (Å²) in [7, 11) is 1.24. The first-order chi connectivity index (χ1) is 11.3. The van der Waals surface area contributed by atoms with Gasteiger partial charge in [-0.1, -0.05) is 0 Å². The smallest absolute Gasteiger partial charge is 0.187 e. The van der Waals surface area contributed by atoms with Gasteiger partial charge in [-0.05, 0) is 0 Å². The van der Waals surface area contributed by atoms with Crippen molar-refractivity contribution in [2.24, 2.45) is 0 Å². The van der Waals surface area contributed by atoms with Gasteiger partial charge >= 0.3 is 0 Å². The Labute approximate surface area is 137 Å². The van der Waals surface area contributed by atoms with Gasteiger partial charge in [-0.25, -0.2) is 0 Å². The molecule has 0 bridgehead atoms. The second kappa shape index (κ2) is 8.29. The largest absolute Gasteiger partial charge is 0.394 e. The third kappa shape index (κ3) is 3.71. The lowest BCUT2D eigenvalue weighted by Crippen LogP contribution is -2.64. The van der Waals surface area contributed by atoms with E-state index in [-0.39, 0.29) is 0 Å². The molecule has 11 nitrogen and oxygen atoms in total. The van der Waals surface area contributed by atoms with Crippen molar-refractivity contribution in [3.63, 3.8) is 0 Å². The van der Waals surface area contributed by atoms with Crippen LogP contribution in [0.2, 0.25) is 0 Å². The molecule has 24 heavy (non-hydrogen) atoms. The molecule has 0 saturated carbocycles. The van der Waals surface area contributed by atoms with Crippen molar-refractivity contribution in [1.82, 2.24) is 0 Å². The van der Waals surface area contributed by atoms with Gasteiger partial charge in [-0.2, -0.15) is 0 Å². The molecule has 0 amide bonds. The SMILES string of the molecule is COC1OC(CO)[C@@H](O[C@@H]2OC(CO)[C@H](O)C(O)[C@@H]2O)[C@H](O)C1O. The van der Waals surface area contributed by atoms with Gasteiger partial charge in [0.15, 0.2) is 12.6 Å². The quantitative estimate of drug-likeness (QED) is 0.251. The maximum absolute atomic E-state index is 10.2. The van der Waals surface area contributed by atoms with Crippen molar-refractivity contribution in [2.75, 3.05) is 20.3 Å². The van der Waals surface area contributed by atoms with Crippen LogP contribution in [-0.4, -0.2) is 117 Å². The molecule has 0 aliphatic carbocycles. The zero-order chi connectivity index (χ0) is 18.0. The van der Waals surface area contributed by atoms with Crippen molar-refractivity contribution in [3.8, 4) is 0 Å². The van der Waals surface area contributed by atoms with Gasteiger partial charge in [0.25, 0.3) is 0 Å². The second-order valence-corrected chi connectivity index (χ2v) is 5.74. The van der Waals surface area contributed by atoms with E-state index >= 15 is 0 Å². The molecular formula is C13H24O11. The number of aliphatic hydroxyl groups excluding tert-OH is 7. The molecule has 2 fully saturated rings. The van der Waals surface area contributed by atoms with Gasteiger partial charge in [0, 0.05) is 7.11 Å². The van der Waals surface area contributed by atoms with Crippen LogP contribution < -0.4 is 0 Å². The molecular weight excluding hydrogens is 332 g/mol. The second-order valence-electron chi connectivity index (χ2n) is 5.74. The van der Waals surface area contributed by atoms with E-state index < -0.39 is 74.6 Å². The minimum absolute atomic E-state index is 0.592. The average Bonchev–Trinajstić information content (AvgIpc) is 2.59. The molecule has 0 radical (unpaired) electrons. The highest BCUT2D eigenvalue weighted by atomic mass is 16.7. The summed E-state index contributed by atoms with van der Waals surface area (Å²) in [4.78, 5) is 0. The van der Waals surface area contributed by atoms with E-state index in [4.69, 9.17) is 24.1 Å². The van der Waals surface area contributed by atoms with Crippen LogP contribution in [0.4, 0.5) is 0 Å². The van der Waals surface area contributed by atoms with Crippen LogP contribution in [0.3, 0.4) is 0 Å². The molecule has 2 aliphatic heterocycles. The minimum Gasteiger partial charge on any atom is -0.394 e. The number of rotatable bonds is 5. The molecule has 2 heterocycles. The Balaban J connectivity index is 2.12. The highest BCUT2D eigenvalue weighted by molar-refractivity contribution is 4.93. The summed E-state index contributed by atoms with van der Waals surface area (Å²) in [6.07, 6.45) is -14.3. The third-order valence-electron chi connectivity index (χ3n) is 4.19. The lowest BCUT2D eigenvalue weighted by molar-refractivity contribution is -0.357. The first-order valence-corrected chi connectivity index (χ1v) is 7.46. The first kappa shape index (κ1) is 19.9. The van der Waals surface area contributed by atoms with Gasteiger partial charge in [0.1, 0.15) is 48.8 Å². The summed E-state index contributed by atoms with van der Waals surface area (Å²) in [5.74, 6) is 0.